The monoisotopic (exact) mass is 561 g/mol. The zero-order valence-corrected chi connectivity index (χ0v) is 23.1. The van der Waals surface area contributed by atoms with Crippen LogP contribution in [-0.2, 0) is 7.05 Å². The van der Waals surface area contributed by atoms with Gasteiger partial charge in [0.2, 0.25) is 5.88 Å². The highest BCUT2D eigenvalue weighted by Gasteiger charge is 2.33. The van der Waals surface area contributed by atoms with E-state index in [9.17, 15) is 18.8 Å². The van der Waals surface area contributed by atoms with Crippen LogP contribution in [-0.4, -0.2) is 62.0 Å². The molecule has 1 aliphatic heterocycles. The summed E-state index contributed by atoms with van der Waals surface area (Å²) in [5.41, 5.74) is 2.51. The molecule has 11 heteroatoms. The Balaban J connectivity index is 1.57. The Morgan fingerprint density at radius 3 is 1.98 bits per heavy atom. The standard InChI is InChI=1S/C30H29F2N5O4/c1-35-23-9-10-26(41-4)34-27(23)29(22(17-33)30(35)38)37-13-11-36(12-14-37)28(20-7-5-18(31)15-24(20)39-2)21-8-6-19(32)16-25(21)40-3/h5-10,15-16,28H,11-14H2,1-4H3. The molecule has 1 fully saturated rings. The number of halogens is 2. The maximum absolute atomic E-state index is 14.2. The Morgan fingerprint density at radius 2 is 1.46 bits per heavy atom. The van der Waals surface area contributed by atoms with Crippen molar-refractivity contribution < 1.29 is 23.0 Å². The first kappa shape index (κ1) is 27.9. The van der Waals surface area contributed by atoms with Gasteiger partial charge >= 0.3 is 0 Å². The number of methoxy groups -OCH3 is 3. The first-order chi connectivity index (χ1) is 19.8. The number of aromatic nitrogens is 2. The largest absolute Gasteiger partial charge is 0.496 e. The van der Waals surface area contributed by atoms with Gasteiger partial charge < -0.3 is 23.7 Å². The van der Waals surface area contributed by atoms with Gasteiger partial charge in [0.15, 0.2) is 0 Å². The van der Waals surface area contributed by atoms with Gasteiger partial charge in [0.05, 0.1) is 38.6 Å². The SMILES string of the molecule is COc1ccc2c(n1)c(N1CCN(C(c3ccc(F)cc3OC)c3ccc(F)cc3OC)CC1)c(C#N)c(=O)n2C. The molecular formula is C30H29F2N5O4. The van der Waals surface area contributed by atoms with Gasteiger partial charge in [-0.1, -0.05) is 12.1 Å². The van der Waals surface area contributed by atoms with E-state index in [-0.39, 0.29) is 5.56 Å². The lowest BCUT2D eigenvalue weighted by atomic mass is 9.94. The molecule has 4 aromatic rings. The van der Waals surface area contributed by atoms with Crippen molar-refractivity contribution in [2.75, 3.05) is 52.4 Å². The molecule has 0 radical (unpaired) electrons. The number of anilines is 1. The topological polar surface area (TPSA) is 92.8 Å². The highest BCUT2D eigenvalue weighted by molar-refractivity contribution is 5.92. The normalized spacial score (nSPS) is 13.9. The molecule has 0 saturated carbocycles. The Hall–Kier alpha value is -4.69. The van der Waals surface area contributed by atoms with Crippen molar-refractivity contribution in [1.82, 2.24) is 14.5 Å². The van der Waals surface area contributed by atoms with Gasteiger partial charge in [-0.05, 0) is 18.2 Å². The summed E-state index contributed by atoms with van der Waals surface area (Å²) < 4.78 is 46.1. The van der Waals surface area contributed by atoms with Crippen molar-refractivity contribution >= 4 is 16.7 Å². The van der Waals surface area contributed by atoms with E-state index in [4.69, 9.17) is 14.2 Å². The summed E-state index contributed by atoms with van der Waals surface area (Å²) in [5, 5.41) is 9.99. The summed E-state index contributed by atoms with van der Waals surface area (Å²) in [6.45, 7) is 1.85. The van der Waals surface area contributed by atoms with E-state index < -0.39 is 23.2 Å². The number of pyridine rings is 2. The maximum atomic E-state index is 14.2. The van der Waals surface area contributed by atoms with Gasteiger partial charge in [0, 0.05) is 62.6 Å². The molecule has 5 rings (SSSR count). The zero-order valence-electron chi connectivity index (χ0n) is 23.1. The van der Waals surface area contributed by atoms with E-state index in [0.717, 1.165) is 0 Å². The quantitative estimate of drug-likeness (QED) is 0.334. The Labute approximate surface area is 235 Å². The predicted octanol–water partition coefficient (Wildman–Crippen LogP) is 4.02. The molecule has 41 heavy (non-hydrogen) atoms. The van der Waals surface area contributed by atoms with Crippen LogP contribution in [0.3, 0.4) is 0 Å². The predicted molar refractivity (Wildman–Crippen MR) is 150 cm³/mol. The van der Waals surface area contributed by atoms with Crippen LogP contribution in [0.4, 0.5) is 14.5 Å². The zero-order chi connectivity index (χ0) is 29.3. The van der Waals surface area contributed by atoms with Crippen LogP contribution < -0.4 is 24.7 Å². The number of benzene rings is 2. The van der Waals surface area contributed by atoms with Gasteiger partial charge in [0.25, 0.3) is 5.56 Å². The highest BCUT2D eigenvalue weighted by Crippen LogP contribution is 2.40. The number of piperazine rings is 1. The molecule has 0 atom stereocenters. The molecule has 0 N–H and O–H groups in total. The van der Waals surface area contributed by atoms with Gasteiger partial charge in [-0.3, -0.25) is 9.69 Å². The number of nitrogens with zero attached hydrogens (tertiary/aromatic N) is 5. The summed E-state index contributed by atoms with van der Waals surface area (Å²) in [4.78, 5) is 21.9. The second-order valence-electron chi connectivity index (χ2n) is 9.62. The second kappa shape index (κ2) is 11.4. The fraction of sp³-hybridized carbons (Fsp3) is 0.300. The average Bonchev–Trinajstić information content (AvgIpc) is 3.00. The van der Waals surface area contributed by atoms with Crippen molar-refractivity contribution in [2.45, 2.75) is 6.04 Å². The summed E-state index contributed by atoms with van der Waals surface area (Å²) in [5.74, 6) is 0.190. The van der Waals surface area contributed by atoms with E-state index in [1.54, 1.807) is 31.3 Å². The van der Waals surface area contributed by atoms with Crippen molar-refractivity contribution in [3.8, 4) is 23.4 Å². The van der Waals surface area contributed by atoms with Crippen molar-refractivity contribution in [1.29, 1.82) is 5.26 Å². The Morgan fingerprint density at radius 1 is 0.878 bits per heavy atom. The molecule has 212 valence electrons. The van der Waals surface area contributed by atoms with Crippen LogP contribution in [0.1, 0.15) is 22.7 Å². The lowest BCUT2D eigenvalue weighted by molar-refractivity contribution is 0.205. The van der Waals surface area contributed by atoms with Crippen LogP contribution in [0, 0.1) is 23.0 Å². The third kappa shape index (κ3) is 5.02. The van der Waals surface area contributed by atoms with Crippen molar-refractivity contribution in [2.24, 2.45) is 7.05 Å². The van der Waals surface area contributed by atoms with Crippen LogP contribution in [0.5, 0.6) is 17.4 Å². The van der Waals surface area contributed by atoms with Crippen molar-refractivity contribution in [3.05, 3.63) is 87.2 Å². The van der Waals surface area contributed by atoms with Gasteiger partial charge in [0.1, 0.15) is 40.3 Å². The smallest absolute Gasteiger partial charge is 0.270 e. The van der Waals surface area contributed by atoms with Crippen LogP contribution in [0.2, 0.25) is 0 Å². The maximum Gasteiger partial charge on any atom is 0.270 e. The minimum atomic E-state index is -0.461. The lowest BCUT2D eigenvalue weighted by Crippen LogP contribution is -2.48. The van der Waals surface area contributed by atoms with Gasteiger partial charge in [-0.25, -0.2) is 13.8 Å². The number of nitriles is 1. The number of hydrogen-bond donors (Lipinski definition) is 0. The molecule has 1 aliphatic rings. The van der Waals surface area contributed by atoms with E-state index in [1.165, 1.54) is 50.2 Å². The van der Waals surface area contributed by atoms with E-state index >= 15 is 0 Å². The van der Waals surface area contributed by atoms with Crippen LogP contribution in [0.15, 0.2) is 53.3 Å². The minimum absolute atomic E-state index is 0.00570. The first-order valence-corrected chi connectivity index (χ1v) is 12.9. The van der Waals surface area contributed by atoms with Crippen LogP contribution in [0.25, 0.3) is 11.0 Å². The molecular weight excluding hydrogens is 532 g/mol. The Bertz CT molecular complexity index is 1660. The fourth-order valence-corrected chi connectivity index (χ4v) is 5.48. The average molecular weight is 562 g/mol. The second-order valence-corrected chi connectivity index (χ2v) is 9.62. The third-order valence-electron chi connectivity index (χ3n) is 7.49. The highest BCUT2D eigenvalue weighted by atomic mass is 19.1. The summed E-state index contributed by atoms with van der Waals surface area (Å²) in [6.07, 6.45) is 0. The van der Waals surface area contributed by atoms with Gasteiger partial charge in [-0.2, -0.15) is 5.26 Å². The molecule has 0 aliphatic carbocycles. The molecule has 1 saturated heterocycles. The summed E-state index contributed by atoms with van der Waals surface area (Å²) >= 11 is 0. The summed E-state index contributed by atoms with van der Waals surface area (Å²) in [6, 6.07) is 13.7. The molecule has 0 spiro atoms. The number of aryl methyl sites for hydroxylation is 1. The molecule has 0 unspecified atom stereocenters. The third-order valence-corrected chi connectivity index (χ3v) is 7.49. The van der Waals surface area contributed by atoms with E-state index in [1.807, 2.05) is 4.90 Å². The van der Waals surface area contributed by atoms with E-state index in [2.05, 4.69) is 16.0 Å². The molecule has 0 bridgehead atoms. The lowest BCUT2D eigenvalue weighted by Gasteiger charge is -2.41. The molecule has 0 amide bonds. The minimum Gasteiger partial charge on any atom is -0.496 e. The summed E-state index contributed by atoms with van der Waals surface area (Å²) in [7, 11) is 6.06. The molecule has 2 aromatic carbocycles. The van der Waals surface area contributed by atoms with Crippen molar-refractivity contribution in [3.63, 3.8) is 0 Å². The molecule has 3 heterocycles. The first-order valence-electron chi connectivity index (χ1n) is 12.9. The number of rotatable bonds is 7. The number of hydrogen-bond acceptors (Lipinski definition) is 8. The van der Waals surface area contributed by atoms with E-state index in [0.29, 0.717) is 71.4 Å². The fourth-order valence-electron chi connectivity index (χ4n) is 5.48. The molecule has 9 nitrogen and oxygen atoms in total. The Kier molecular flexibility index (Phi) is 7.77. The number of ether oxygens (including phenoxy) is 3. The van der Waals surface area contributed by atoms with Crippen LogP contribution >= 0.6 is 0 Å². The molecule has 2 aromatic heterocycles. The number of fused-ring (bicyclic) bond motifs is 1. The van der Waals surface area contributed by atoms with Gasteiger partial charge in [-0.15, -0.1) is 0 Å².